The fraction of sp³-hybridized carbons (Fsp3) is 0.316. The van der Waals surface area contributed by atoms with Gasteiger partial charge >= 0.3 is 5.97 Å². The van der Waals surface area contributed by atoms with Crippen LogP contribution in [0, 0.1) is 13.8 Å². The van der Waals surface area contributed by atoms with Crippen molar-refractivity contribution in [1.29, 1.82) is 0 Å². The fourth-order valence-electron chi connectivity index (χ4n) is 2.53. The number of fused-ring (bicyclic) bond motifs is 1. The van der Waals surface area contributed by atoms with Crippen LogP contribution < -0.4 is 0 Å². The van der Waals surface area contributed by atoms with Crippen molar-refractivity contribution in [2.75, 3.05) is 20.7 Å². The number of ether oxygens (including phenoxy) is 1. The SMILES string of the molecule is Cc1cc(C)n2nc(SCc3ccccc3C(=O)OCC(=O)N(C)C)nc2n1. The number of hydrogen-bond acceptors (Lipinski definition) is 7. The van der Waals surface area contributed by atoms with Gasteiger partial charge in [-0.1, -0.05) is 30.0 Å². The lowest BCUT2D eigenvalue weighted by Gasteiger charge is -2.12. The highest BCUT2D eigenvalue weighted by atomic mass is 32.2. The Morgan fingerprint density at radius 2 is 1.93 bits per heavy atom. The van der Waals surface area contributed by atoms with Gasteiger partial charge in [0, 0.05) is 31.2 Å². The van der Waals surface area contributed by atoms with E-state index in [9.17, 15) is 9.59 Å². The number of hydrogen-bond donors (Lipinski definition) is 0. The molecule has 2 aromatic heterocycles. The molecule has 2 heterocycles. The Kier molecular flexibility index (Phi) is 5.93. The first-order valence-corrected chi connectivity index (χ1v) is 9.62. The Labute approximate surface area is 166 Å². The van der Waals surface area contributed by atoms with Gasteiger partial charge in [0.2, 0.25) is 5.16 Å². The van der Waals surface area contributed by atoms with Gasteiger partial charge in [-0.3, -0.25) is 4.79 Å². The van der Waals surface area contributed by atoms with Crippen LogP contribution in [-0.4, -0.2) is 57.1 Å². The summed E-state index contributed by atoms with van der Waals surface area (Å²) in [6, 6.07) is 9.09. The number of nitrogens with zero attached hydrogens (tertiary/aromatic N) is 5. The smallest absolute Gasteiger partial charge is 0.338 e. The van der Waals surface area contributed by atoms with Gasteiger partial charge in [0.05, 0.1) is 5.56 Å². The first-order chi connectivity index (χ1) is 13.3. The van der Waals surface area contributed by atoms with E-state index in [0.717, 1.165) is 17.0 Å². The minimum absolute atomic E-state index is 0.271. The number of benzene rings is 1. The molecule has 0 aliphatic carbocycles. The average molecular weight is 399 g/mol. The van der Waals surface area contributed by atoms with Crippen LogP contribution in [0.25, 0.3) is 5.78 Å². The van der Waals surface area contributed by atoms with Crippen molar-refractivity contribution in [3.63, 3.8) is 0 Å². The van der Waals surface area contributed by atoms with Gasteiger partial charge < -0.3 is 9.64 Å². The normalized spacial score (nSPS) is 10.9. The summed E-state index contributed by atoms with van der Waals surface area (Å²) in [5.74, 6) is 0.242. The zero-order valence-electron chi connectivity index (χ0n) is 16.2. The second kappa shape index (κ2) is 8.39. The number of rotatable bonds is 6. The molecule has 0 radical (unpaired) electrons. The Morgan fingerprint density at radius 3 is 2.68 bits per heavy atom. The molecule has 0 saturated carbocycles. The van der Waals surface area contributed by atoms with E-state index in [2.05, 4.69) is 15.1 Å². The zero-order chi connectivity index (χ0) is 20.3. The third-order valence-corrected chi connectivity index (χ3v) is 4.90. The van der Waals surface area contributed by atoms with Crippen LogP contribution in [0.15, 0.2) is 35.5 Å². The molecule has 3 aromatic rings. The van der Waals surface area contributed by atoms with Gasteiger partial charge in [-0.05, 0) is 31.5 Å². The van der Waals surface area contributed by atoms with Crippen molar-refractivity contribution in [1.82, 2.24) is 24.5 Å². The van der Waals surface area contributed by atoms with Crippen molar-refractivity contribution in [3.05, 3.63) is 52.8 Å². The molecular formula is C19H21N5O3S. The number of thioether (sulfide) groups is 1. The highest BCUT2D eigenvalue weighted by Crippen LogP contribution is 2.23. The lowest BCUT2D eigenvalue weighted by Crippen LogP contribution is -2.27. The summed E-state index contributed by atoms with van der Waals surface area (Å²) in [6.07, 6.45) is 0. The average Bonchev–Trinajstić information content (AvgIpc) is 3.07. The maximum absolute atomic E-state index is 12.4. The van der Waals surface area contributed by atoms with Gasteiger partial charge in [-0.2, -0.15) is 4.98 Å². The number of likely N-dealkylation sites (N-methyl/N-ethyl adjacent to an activating group) is 1. The van der Waals surface area contributed by atoms with Crippen LogP contribution >= 0.6 is 11.8 Å². The van der Waals surface area contributed by atoms with E-state index in [1.165, 1.54) is 16.7 Å². The number of aromatic nitrogens is 4. The minimum Gasteiger partial charge on any atom is -0.452 e. The van der Waals surface area contributed by atoms with E-state index in [0.29, 0.717) is 22.3 Å². The molecule has 0 spiro atoms. The second-order valence-corrected chi connectivity index (χ2v) is 7.40. The molecule has 0 fully saturated rings. The van der Waals surface area contributed by atoms with E-state index < -0.39 is 5.97 Å². The molecule has 0 aliphatic rings. The summed E-state index contributed by atoms with van der Waals surface area (Å²) in [5.41, 5.74) is 3.05. The second-order valence-electron chi connectivity index (χ2n) is 6.46. The highest BCUT2D eigenvalue weighted by Gasteiger charge is 2.16. The number of amides is 1. The van der Waals surface area contributed by atoms with Gasteiger partial charge in [-0.15, -0.1) is 5.10 Å². The summed E-state index contributed by atoms with van der Waals surface area (Å²) in [4.78, 5) is 34.2. The first kappa shape index (κ1) is 19.8. The number of esters is 1. The van der Waals surface area contributed by atoms with E-state index in [1.807, 2.05) is 32.0 Å². The van der Waals surface area contributed by atoms with Crippen molar-refractivity contribution in [2.45, 2.75) is 24.8 Å². The number of carbonyl (C=O) groups excluding carboxylic acids is 2. The summed E-state index contributed by atoms with van der Waals surface area (Å²) in [7, 11) is 3.22. The molecule has 1 amide bonds. The summed E-state index contributed by atoms with van der Waals surface area (Å²) < 4.78 is 6.83. The Balaban J connectivity index is 1.72. The molecule has 0 atom stereocenters. The Bertz CT molecular complexity index is 1030. The number of aryl methyl sites for hydroxylation is 2. The molecule has 0 saturated heterocycles. The van der Waals surface area contributed by atoms with Gasteiger partial charge in [0.1, 0.15) is 0 Å². The van der Waals surface area contributed by atoms with E-state index >= 15 is 0 Å². The fourth-order valence-corrected chi connectivity index (χ4v) is 3.35. The summed E-state index contributed by atoms with van der Waals surface area (Å²) >= 11 is 1.41. The molecule has 0 aliphatic heterocycles. The van der Waals surface area contributed by atoms with E-state index in [1.54, 1.807) is 30.7 Å². The molecule has 0 unspecified atom stereocenters. The van der Waals surface area contributed by atoms with Crippen LogP contribution in [0.5, 0.6) is 0 Å². The third kappa shape index (κ3) is 4.48. The van der Waals surface area contributed by atoms with E-state index in [4.69, 9.17) is 4.74 Å². The molecule has 1 aromatic carbocycles. The van der Waals surface area contributed by atoms with Crippen LogP contribution in [-0.2, 0) is 15.3 Å². The highest BCUT2D eigenvalue weighted by molar-refractivity contribution is 7.98. The van der Waals surface area contributed by atoms with Crippen LogP contribution in [0.1, 0.15) is 27.3 Å². The van der Waals surface area contributed by atoms with Crippen LogP contribution in [0.3, 0.4) is 0 Å². The van der Waals surface area contributed by atoms with Crippen molar-refractivity contribution < 1.29 is 14.3 Å². The zero-order valence-corrected chi connectivity index (χ0v) is 17.0. The summed E-state index contributed by atoms with van der Waals surface area (Å²) in [5, 5.41) is 5.04. The molecule has 28 heavy (non-hydrogen) atoms. The predicted octanol–water partition coefficient (Wildman–Crippen LogP) is 2.28. The van der Waals surface area contributed by atoms with Gasteiger partial charge in [0.15, 0.2) is 6.61 Å². The van der Waals surface area contributed by atoms with Crippen LogP contribution in [0.2, 0.25) is 0 Å². The lowest BCUT2D eigenvalue weighted by molar-refractivity contribution is -0.131. The standard InChI is InChI=1S/C19H21N5O3S/c1-12-9-13(2)24-18(20-12)21-19(22-24)28-11-14-7-5-6-8-15(14)17(26)27-10-16(25)23(3)4/h5-9H,10-11H2,1-4H3. The quantitative estimate of drug-likeness (QED) is 0.464. The first-order valence-electron chi connectivity index (χ1n) is 8.64. The topological polar surface area (TPSA) is 89.7 Å². The molecule has 0 N–H and O–H groups in total. The third-order valence-electron chi connectivity index (χ3n) is 4.02. The Hall–Kier alpha value is -2.94. The van der Waals surface area contributed by atoms with Gasteiger partial charge in [0.25, 0.3) is 11.7 Å². The predicted molar refractivity (Wildman–Crippen MR) is 105 cm³/mol. The molecule has 146 valence electrons. The van der Waals surface area contributed by atoms with Crippen molar-refractivity contribution >= 4 is 29.4 Å². The van der Waals surface area contributed by atoms with Crippen molar-refractivity contribution in [2.24, 2.45) is 0 Å². The summed E-state index contributed by atoms with van der Waals surface area (Å²) in [6.45, 7) is 3.58. The largest absolute Gasteiger partial charge is 0.452 e. The number of carbonyl (C=O) groups is 2. The van der Waals surface area contributed by atoms with Gasteiger partial charge in [-0.25, -0.2) is 14.3 Å². The lowest BCUT2D eigenvalue weighted by atomic mass is 10.1. The monoisotopic (exact) mass is 399 g/mol. The maximum atomic E-state index is 12.4. The Morgan fingerprint density at radius 1 is 1.18 bits per heavy atom. The van der Waals surface area contributed by atoms with Crippen LogP contribution in [0.4, 0.5) is 0 Å². The molecule has 8 nitrogen and oxygen atoms in total. The van der Waals surface area contributed by atoms with Crippen molar-refractivity contribution in [3.8, 4) is 0 Å². The minimum atomic E-state index is -0.525. The molecular weight excluding hydrogens is 378 g/mol. The van der Waals surface area contributed by atoms with E-state index in [-0.39, 0.29) is 12.5 Å². The molecule has 9 heteroatoms. The molecule has 3 rings (SSSR count). The molecule has 0 bridgehead atoms. The maximum Gasteiger partial charge on any atom is 0.338 e.